The van der Waals surface area contributed by atoms with Crippen LogP contribution in [-0.4, -0.2) is 36.5 Å². The summed E-state index contributed by atoms with van der Waals surface area (Å²) in [5.74, 6) is -0.354. The maximum atomic E-state index is 12.4. The predicted molar refractivity (Wildman–Crippen MR) is 48.4 cm³/mol. The first-order chi connectivity index (χ1) is 6.59. The van der Waals surface area contributed by atoms with Gasteiger partial charge in [0.05, 0.1) is 6.20 Å². The average molecular weight is 198 g/mol. The molecule has 76 valence electrons. The van der Waals surface area contributed by atoms with Crippen LogP contribution in [0.3, 0.4) is 0 Å². The molecule has 1 rings (SSSR count). The van der Waals surface area contributed by atoms with E-state index < -0.39 is 5.95 Å². The van der Waals surface area contributed by atoms with Crippen LogP contribution in [0.15, 0.2) is 18.3 Å². The summed E-state index contributed by atoms with van der Waals surface area (Å²) in [6.45, 7) is -0.0691. The molecule has 0 saturated heterocycles. The van der Waals surface area contributed by atoms with Crippen LogP contribution in [0.4, 0.5) is 4.39 Å². The van der Waals surface area contributed by atoms with E-state index in [-0.39, 0.29) is 12.5 Å². The van der Waals surface area contributed by atoms with Gasteiger partial charge < -0.3 is 9.64 Å². The summed E-state index contributed by atoms with van der Waals surface area (Å²) < 4.78 is 17.4. The number of carbonyl (C=O) groups is 1. The monoisotopic (exact) mass is 198 g/mol. The summed E-state index contributed by atoms with van der Waals surface area (Å²) in [5, 5.41) is 0. The molecule has 0 aliphatic heterocycles. The molecule has 1 amide bonds. The van der Waals surface area contributed by atoms with Crippen LogP contribution in [0.5, 0.6) is 5.75 Å². The van der Waals surface area contributed by atoms with Crippen molar-refractivity contribution in [3.63, 3.8) is 0 Å². The Morgan fingerprint density at radius 3 is 2.79 bits per heavy atom. The van der Waals surface area contributed by atoms with E-state index in [9.17, 15) is 9.18 Å². The van der Waals surface area contributed by atoms with E-state index in [0.29, 0.717) is 5.75 Å². The fourth-order valence-corrected chi connectivity index (χ4v) is 0.722. The molecule has 0 atom stereocenters. The molecular weight excluding hydrogens is 187 g/mol. The number of nitrogens with zero attached hydrogens (tertiary/aromatic N) is 2. The normalized spacial score (nSPS) is 9.64. The lowest BCUT2D eigenvalue weighted by molar-refractivity contribution is -0.130. The van der Waals surface area contributed by atoms with Gasteiger partial charge >= 0.3 is 0 Å². The molecule has 1 aromatic heterocycles. The minimum atomic E-state index is -0.573. The van der Waals surface area contributed by atoms with Gasteiger partial charge in [-0.2, -0.15) is 4.39 Å². The lowest BCUT2D eigenvalue weighted by atomic mass is 10.4. The van der Waals surface area contributed by atoms with Gasteiger partial charge in [-0.1, -0.05) is 0 Å². The predicted octanol–water partition coefficient (Wildman–Crippen LogP) is 0.688. The summed E-state index contributed by atoms with van der Waals surface area (Å²) in [5.41, 5.74) is 0. The third-order valence-electron chi connectivity index (χ3n) is 1.56. The third kappa shape index (κ3) is 3.01. The molecule has 0 N–H and O–H groups in total. The quantitative estimate of drug-likeness (QED) is 0.671. The van der Waals surface area contributed by atoms with Crippen LogP contribution in [-0.2, 0) is 4.79 Å². The summed E-state index contributed by atoms with van der Waals surface area (Å²) in [4.78, 5) is 15.9. The van der Waals surface area contributed by atoms with Crippen molar-refractivity contribution >= 4 is 5.91 Å². The Kier molecular flexibility index (Phi) is 3.39. The molecule has 0 aromatic carbocycles. The number of pyridine rings is 1. The summed E-state index contributed by atoms with van der Waals surface area (Å²) in [7, 11) is 3.27. The molecule has 0 unspecified atom stereocenters. The standard InChI is InChI=1S/C9H11FN2O2/c1-12(2)9(13)6-14-7-3-4-8(10)11-5-7/h3-5H,6H2,1-2H3. The van der Waals surface area contributed by atoms with Crippen molar-refractivity contribution in [2.45, 2.75) is 0 Å². The van der Waals surface area contributed by atoms with Crippen molar-refractivity contribution in [1.82, 2.24) is 9.88 Å². The van der Waals surface area contributed by atoms with Crippen LogP contribution in [0, 0.1) is 5.95 Å². The first kappa shape index (κ1) is 10.4. The molecule has 0 aliphatic rings. The molecular formula is C9H11FN2O2. The van der Waals surface area contributed by atoms with Crippen molar-refractivity contribution < 1.29 is 13.9 Å². The highest BCUT2D eigenvalue weighted by atomic mass is 19.1. The minimum absolute atomic E-state index is 0.0691. The van der Waals surface area contributed by atoms with Crippen LogP contribution >= 0.6 is 0 Å². The minimum Gasteiger partial charge on any atom is -0.482 e. The average Bonchev–Trinajstić information content (AvgIpc) is 2.16. The van der Waals surface area contributed by atoms with E-state index in [4.69, 9.17) is 4.74 Å². The van der Waals surface area contributed by atoms with Crippen molar-refractivity contribution in [3.8, 4) is 5.75 Å². The Morgan fingerprint density at radius 2 is 2.29 bits per heavy atom. The molecule has 0 fully saturated rings. The maximum absolute atomic E-state index is 12.4. The van der Waals surface area contributed by atoms with Gasteiger partial charge in [0.15, 0.2) is 6.61 Å². The fourth-order valence-electron chi connectivity index (χ4n) is 0.722. The van der Waals surface area contributed by atoms with Gasteiger partial charge in [0.1, 0.15) is 5.75 Å². The smallest absolute Gasteiger partial charge is 0.259 e. The molecule has 14 heavy (non-hydrogen) atoms. The number of ether oxygens (including phenoxy) is 1. The molecule has 4 nitrogen and oxygen atoms in total. The van der Waals surface area contributed by atoms with Crippen LogP contribution < -0.4 is 4.74 Å². The highest BCUT2D eigenvalue weighted by molar-refractivity contribution is 5.77. The molecule has 0 saturated carbocycles. The Morgan fingerprint density at radius 1 is 1.57 bits per heavy atom. The Balaban J connectivity index is 2.46. The SMILES string of the molecule is CN(C)C(=O)COc1ccc(F)nc1. The molecule has 0 bridgehead atoms. The molecule has 1 heterocycles. The number of likely N-dealkylation sites (N-methyl/N-ethyl adjacent to an activating group) is 1. The largest absolute Gasteiger partial charge is 0.482 e. The number of aromatic nitrogens is 1. The van der Waals surface area contributed by atoms with Crippen LogP contribution in [0.25, 0.3) is 0 Å². The van der Waals surface area contributed by atoms with Crippen LogP contribution in [0.1, 0.15) is 0 Å². The van der Waals surface area contributed by atoms with Gasteiger partial charge in [0, 0.05) is 14.1 Å². The van der Waals surface area contributed by atoms with Gasteiger partial charge in [-0.3, -0.25) is 4.79 Å². The lowest BCUT2D eigenvalue weighted by Gasteiger charge is -2.10. The summed E-state index contributed by atoms with van der Waals surface area (Å²) in [6.07, 6.45) is 1.23. The first-order valence-electron chi connectivity index (χ1n) is 4.04. The van der Waals surface area contributed by atoms with Gasteiger partial charge in [0.25, 0.3) is 5.91 Å². The first-order valence-corrected chi connectivity index (χ1v) is 4.04. The van der Waals surface area contributed by atoms with E-state index in [1.807, 2.05) is 0 Å². The van der Waals surface area contributed by atoms with E-state index in [1.54, 1.807) is 14.1 Å². The second-order valence-electron chi connectivity index (χ2n) is 2.89. The number of amides is 1. The second-order valence-corrected chi connectivity index (χ2v) is 2.89. The molecule has 0 radical (unpaired) electrons. The third-order valence-corrected chi connectivity index (χ3v) is 1.56. The lowest BCUT2D eigenvalue weighted by Crippen LogP contribution is -2.27. The molecule has 5 heteroatoms. The number of halogens is 1. The highest BCUT2D eigenvalue weighted by Gasteiger charge is 2.04. The van der Waals surface area contributed by atoms with Crippen LogP contribution in [0.2, 0.25) is 0 Å². The second kappa shape index (κ2) is 4.55. The van der Waals surface area contributed by atoms with Gasteiger partial charge in [-0.05, 0) is 12.1 Å². The summed E-state index contributed by atoms with van der Waals surface area (Å²) >= 11 is 0. The molecule has 0 aliphatic carbocycles. The maximum Gasteiger partial charge on any atom is 0.259 e. The topological polar surface area (TPSA) is 42.4 Å². The van der Waals surface area contributed by atoms with Crippen molar-refractivity contribution in [1.29, 1.82) is 0 Å². The van der Waals surface area contributed by atoms with Gasteiger partial charge in [-0.25, -0.2) is 4.98 Å². The van der Waals surface area contributed by atoms with E-state index in [0.717, 1.165) is 0 Å². The zero-order valence-electron chi connectivity index (χ0n) is 8.03. The van der Waals surface area contributed by atoms with E-state index in [1.165, 1.54) is 23.2 Å². The number of carbonyl (C=O) groups excluding carboxylic acids is 1. The Labute approximate surface area is 81.3 Å². The van der Waals surface area contributed by atoms with Crippen molar-refractivity contribution in [2.24, 2.45) is 0 Å². The van der Waals surface area contributed by atoms with Gasteiger partial charge in [-0.15, -0.1) is 0 Å². The Bertz CT molecular complexity index is 311. The fraction of sp³-hybridized carbons (Fsp3) is 0.333. The van der Waals surface area contributed by atoms with Crippen molar-refractivity contribution in [3.05, 3.63) is 24.3 Å². The number of hydrogen-bond acceptors (Lipinski definition) is 3. The van der Waals surface area contributed by atoms with Gasteiger partial charge in [0.2, 0.25) is 5.95 Å². The van der Waals surface area contributed by atoms with Crippen molar-refractivity contribution in [2.75, 3.05) is 20.7 Å². The van der Waals surface area contributed by atoms with E-state index >= 15 is 0 Å². The zero-order chi connectivity index (χ0) is 10.6. The zero-order valence-corrected chi connectivity index (χ0v) is 8.03. The summed E-state index contributed by atoms with van der Waals surface area (Å²) in [6, 6.07) is 2.60. The Hall–Kier alpha value is -1.65. The molecule has 0 spiro atoms. The van der Waals surface area contributed by atoms with E-state index in [2.05, 4.69) is 4.98 Å². The number of hydrogen-bond donors (Lipinski definition) is 0. The molecule has 1 aromatic rings. The highest BCUT2D eigenvalue weighted by Crippen LogP contribution is 2.07. The number of rotatable bonds is 3.